The van der Waals surface area contributed by atoms with Gasteiger partial charge >= 0.3 is 7.60 Å². The van der Waals surface area contributed by atoms with Crippen molar-refractivity contribution < 1.29 is 26.2 Å². The number of aryl methyl sites for hydroxylation is 1. The lowest BCUT2D eigenvalue weighted by molar-refractivity contribution is 0.0686. The highest BCUT2D eigenvalue weighted by Crippen LogP contribution is 2.59. The average Bonchev–Trinajstić information content (AvgIpc) is 2.61. The van der Waals surface area contributed by atoms with E-state index in [9.17, 15) is 13.0 Å². The van der Waals surface area contributed by atoms with Crippen LogP contribution in [0.3, 0.4) is 0 Å². The Labute approximate surface area is 176 Å². The molecule has 0 aliphatic heterocycles. The highest BCUT2D eigenvalue weighted by Gasteiger charge is 2.48. The van der Waals surface area contributed by atoms with Gasteiger partial charge in [0.25, 0.3) is 10.1 Å². The monoisotopic (exact) mass is 446 g/mol. The Bertz CT molecular complexity index is 803. The summed E-state index contributed by atoms with van der Waals surface area (Å²) in [7, 11) is -7.51. The molecular formula is C21H35O6PS. The zero-order valence-electron chi connectivity index (χ0n) is 18.4. The molecule has 0 amide bonds. The quantitative estimate of drug-likeness (QED) is 0.385. The fourth-order valence-corrected chi connectivity index (χ4v) is 7.31. The molecule has 1 aliphatic rings. The third kappa shape index (κ3) is 6.14. The third-order valence-electron chi connectivity index (χ3n) is 5.57. The van der Waals surface area contributed by atoms with Crippen molar-refractivity contribution in [1.29, 1.82) is 0 Å². The first kappa shape index (κ1) is 24.5. The number of benzene rings is 1. The Morgan fingerprint density at radius 1 is 1.03 bits per heavy atom. The molecule has 0 aromatic heterocycles. The molecule has 0 unspecified atom stereocenters. The van der Waals surface area contributed by atoms with E-state index in [0.717, 1.165) is 12.0 Å². The van der Waals surface area contributed by atoms with Gasteiger partial charge in [0, 0.05) is 0 Å². The summed E-state index contributed by atoms with van der Waals surface area (Å²) in [5.41, 5.74) is 0.340. The van der Waals surface area contributed by atoms with E-state index in [1.807, 2.05) is 6.92 Å². The minimum absolute atomic E-state index is 0.0125. The fourth-order valence-electron chi connectivity index (χ4n) is 3.88. The molecule has 0 bridgehead atoms. The maximum Gasteiger partial charge on any atom is 0.336 e. The van der Waals surface area contributed by atoms with Gasteiger partial charge in [-0.25, -0.2) is 0 Å². The van der Waals surface area contributed by atoms with Crippen molar-refractivity contribution in [2.75, 3.05) is 13.2 Å². The maximum atomic E-state index is 13.5. The molecule has 6 nitrogen and oxygen atoms in total. The summed E-state index contributed by atoms with van der Waals surface area (Å²) in [6, 6.07) is 6.54. The second kappa shape index (κ2) is 9.61. The average molecular weight is 447 g/mol. The third-order valence-corrected chi connectivity index (χ3v) is 9.56. The van der Waals surface area contributed by atoms with Gasteiger partial charge in [-0.1, -0.05) is 38.5 Å². The van der Waals surface area contributed by atoms with E-state index in [-0.39, 0.29) is 29.4 Å². The maximum absolute atomic E-state index is 13.5. The summed E-state index contributed by atoms with van der Waals surface area (Å²) in [4.78, 5) is 0.0994. The molecule has 166 valence electrons. The molecule has 2 rings (SSSR count). The molecule has 1 saturated carbocycles. The van der Waals surface area contributed by atoms with Crippen molar-refractivity contribution in [3.63, 3.8) is 0 Å². The molecule has 0 saturated heterocycles. The van der Waals surface area contributed by atoms with Crippen LogP contribution in [0.1, 0.15) is 59.4 Å². The molecule has 29 heavy (non-hydrogen) atoms. The predicted octanol–water partition coefficient (Wildman–Crippen LogP) is 5.55. The zero-order valence-corrected chi connectivity index (χ0v) is 20.1. The van der Waals surface area contributed by atoms with Gasteiger partial charge in [0.1, 0.15) is 0 Å². The SMILES string of the molecule is CCOP(=O)(OCC)[C@@H]1CC[C@@H](C(C)(C)C)C[C@@H]1OS(=O)(=O)c1ccc(C)cc1. The first-order chi connectivity index (χ1) is 13.4. The Morgan fingerprint density at radius 3 is 2.07 bits per heavy atom. The van der Waals surface area contributed by atoms with Crippen LogP contribution >= 0.6 is 7.60 Å². The topological polar surface area (TPSA) is 78.9 Å². The molecular weight excluding hydrogens is 411 g/mol. The van der Waals surface area contributed by atoms with Crippen molar-refractivity contribution in [2.24, 2.45) is 11.3 Å². The van der Waals surface area contributed by atoms with Crippen molar-refractivity contribution in [1.82, 2.24) is 0 Å². The molecule has 0 N–H and O–H groups in total. The van der Waals surface area contributed by atoms with Crippen LogP contribution in [0, 0.1) is 18.3 Å². The van der Waals surface area contributed by atoms with Gasteiger partial charge in [0.2, 0.25) is 0 Å². The lowest BCUT2D eigenvalue weighted by atomic mass is 9.71. The molecule has 0 radical (unpaired) electrons. The smallest absolute Gasteiger partial charge is 0.309 e. The van der Waals surface area contributed by atoms with Crippen LogP contribution in [0.5, 0.6) is 0 Å². The lowest BCUT2D eigenvalue weighted by Crippen LogP contribution is -2.41. The van der Waals surface area contributed by atoms with E-state index < -0.39 is 29.5 Å². The lowest BCUT2D eigenvalue weighted by Gasteiger charge is -2.42. The molecule has 0 heterocycles. The van der Waals surface area contributed by atoms with Gasteiger partial charge < -0.3 is 9.05 Å². The largest absolute Gasteiger partial charge is 0.336 e. The standard InChI is InChI=1S/C21H35O6PS/c1-7-25-28(22,26-8-2)20-14-11-17(21(4,5)6)15-19(20)27-29(23,24)18-12-9-16(3)10-13-18/h9-10,12-13,17,19-20H,7-8,11,14-15H2,1-6H3/t17-,19+,20-/m1/s1. The van der Waals surface area contributed by atoms with Crippen LogP contribution < -0.4 is 0 Å². The van der Waals surface area contributed by atoms with Gasteiger partial charge in [-0.15, -0.1) is 0 Å². The summed E-state index contributed by atoms with van der Waals surface area (Å²) in [5, 5.41) is 0. The van der Waals surface area contributed by atoms with Crippen LogP contribution in [0.15, 0.2) is 29.2 Å². The van der Waals surface area contributed by atoms with E-state index in [1.54, 1.807) is 26.0 Å². The normalized spacial score (nSPS) is 23.9. The first-order valence-corrected chi connectivity index (χ1v) is 13.3. The van der Waals surface area contributed by atoms with Crippen LogP contribution in [0.25, 0.3) is 0 Å². The fraction of sp³-hybridized carbons (Fsp3) is 0.714. The Hall–Kier alpha value is -0.720. The van der Waals surface area contributed by atoms with Gasteiger partial charge in [-0.2, -0.15) is 8.42 Å². The van der Waals surface area contributed by atoms with Crippen molar-refractivity contribution >= 4 is 17.7 Å². The molecule has 1 aliphatic carbocycles. The zero-order chi connectivity index (χ0) is 21.9. The highest BCUT2D eigenvalue weighted by molar-refractivity contribution is 7.86. The van der Waals surface area contributed by atoms with Crippen molar-refractivity contribution in [2.45, 2.75) is 77.5 Å². The summed E-state index contributed by atoms with van der Waals surface area (Å²) in [6.07, 6.45) is 1.09. The van der Waals surface area contributed by atoms with Crippen LogP contribution in [-0.2, 0) is 27.9 Å². The van der Waals surface area contributed by atoms with Gasteiger partial charge in [0.15, 0.2) is 0 Å². The van der Waals surface area contributed by atoms with E-state index in [0.29, 0.717) is 12.8 Å². The molecule has 0 spiro atoms. The van der Waals surface area contributed by atoms with Gasteiger partial charge in [-0.3, -0.25) is 8.75 Å². The number of rotatable bonds is 8. The molecule has 1 aromatic rings. The van der Waals surface area contributed by atoms with Crippen molar-refractivity contribution in [3.8, 4) is 0 Å². The summed E-state index contributed by atoms with van der Waals surface area (Å²) in [5.74, 6) is 0.244. The minimum atomic E-state index is -4.00. The van der Waals surface area contributed by atoms with Crippen molar-refractivity contribution in [3.05, 3.63) is 29.8 Å². The highest BCUT2D eigenvalue weighted by atomic mass is 32.2. The number of hydrogen-bond donors (Lipinski definition) is 0. The van der Waals surface area contributed by atoms with E-state index >= 15 is 0 Å². The van der Waals surface area contributed by atoms with E-state index in [4.69, 9.17) is 13.2 Å². The van der Waals surface area contributed by atoms with Gasteiger partial charge in [0.05, 0.1) is 29.9 Å². The molecule has 1 fully saturated rings. The van der Waals surface area contributed by atoms with E-state index in [1.165, 1.54) is 12.1 Å². The second-order valence-electron chi connectivity index (χ2n) is 8.72. The summed E-state index contributed by atoms with van der Waals surface area (Å²) < 4.78 is 56.2. The Kier molecular flexibility index (Phi) is 8.13. The van der Waals surface area contributed by atoms with Gasteiger partial charge in [-0.05, 0) is 63.5 Å². The van der Waals surface area contributed by atoms with Crippen LogP contribution in [0.2, 0.25) is 0 Å². The number of hydrogen-bond acceptors (Lipinski definition) is 6. The molecule has 1 aromatic carbocycles. The Morgan fingerprint density at radius 2 is 1.59 bits per heavy atom. The second-order valence-corrected chi connectivity index (χ2v) is 12.6. The van der Waals surface area contributed by atoms with Crippen LogP contribution in [-0.4, -0.2) is 33.4 Å². The first-order valence-electron chi connectivity index (χ1n) is 10.3. The van der Waals surface area contributed by atoms with Crippen LogP contribution in [0.4, 0.5) is 0 Å². The molecule has 3 atom stereocenters. The molecule has 8 heteroatoms. The summed E-state index contributed by atoms with van der Waals surface area (Å²) in [6.45, 7) is 12.3. The minimum Gasteiger partial charge on any atom is -0.309 e. The predicted molar refractivity (Wildman–Crippen MR) is 115 cm³/mol. The van der Waals surface area contributed by atoms with E-state index in [2.05, 4.69) is 20.8 Å². The summed E-state index contributed by atoms with van der Waals surface area (Å²) >= 11 is 0. The Balaban J connectivity index is 2.38.